The van der Waals surface area contributed by atoms with Crippen LogP contribution in [0.15, 0.2) is 34.7 Å². The molecular weight excluding hydrogens is 403 g/mol. The highest BCUT2D eigenvalue weighted by Gasteiger charge is 2.07. The van der Waals surface area contributed by atoms with Gasteiger partial charge in [-0.2, -0.15) is 5.10 Å². The number of amides is 1. The molecule has 110 valence electrons. The molecule has 2 rings (SSSR count). The Hall–Kier alpha value is -1.61. The number of carbonyl (C=O) groups excluding carboxylic acids is 1. The van der Waals surface area contributed by atoms with Gasteiger partial charge < -0.3 is 9.84 Å². The van der Waals surface area contributed by atoms with Crippen molar-refractivity contribution in [3.05, 3.63) is 43.7 Å². The summed E-state index contributed by atoms with van der Waals surface area (Å²) >= 11 is 3.53. The molecule has 0 aliphatic heterocycles. The van der Waals surface area contributed by atoms with Crippen molar-refractivity contribution in [3.63, 3.8) is 0 Å². The molecule has 1 aromatic carbocycles. The smallest absolute Gasteiger partial charge is 0.245 e. The molecule has 0 aliphatic rings. The summed E-state index contributed by atoms with van der Waals surface area (Å²) in [5, 5.41) is 15.6. The number of hydrogen-bond acceptors (Lipinski definition) is 5. The average Bonchev–Trinajstić information content (AvgIpc) is 2.95. The Morgan fingerprint density at radius 2 is 2.38 bits per heavy atom. The van der Waals surface area contributed by atoms with Crippen LogP contribution in [0, 0.1) is 3.57 Å². The van der Waals surface area contributed by atoms with Crippen LogP contribution in [0.25, 0.3) is 0 Å². The number of phenols is 1. The van der Waals surface area contributed by atoms with Crippen LogP contribution >= 0.6 is 33.9 Å². The van der Waals surface area contributed by atoms with Crippen LogP contribution in [-0.2, 0) is 11.2 Å². The Balaban J connectivity index is 1.98. The van der Waals surface area contributed by atoms with Crippen molar-refractivity contribution in [2.45, 2.75) is 6.42 Å². The maximum atomic E-state index is 11.7. The molecule has 21 heavy (non-hydrogen) atoms. The number of aromatic hydroxyl groups is 1. The second-order valence-electron chi connectivity index (χ2n) is 4.10. The molecule has 5 nitrogen and oxygen atoms in total. The van der Waals surface area contributed by atoms with Crippen molar-refractivity contribution in [2.24, 2.45) is 5.10 Å². The minimum absolute atomic E-state index is 0.0944. The summed E-state index contributed by atoms with van der Waals surface area (Å²) < 4.78 is 5.71. The SMILES string of the molecule is COc1cc(/C=N\NC(=O)Cc2cccs2)cc(I)c1O. The predicted octanol–water partition coefficient (Wildman–Crippen LogP) is 2.76. The van der Waals surface area contributed by atoms with E-state index in [0.717, 1.165) is 10.4 Å². The van der Waals surface area contributed by atoms with Crippen molar-refractivity contribution in [1.29, 1.82) is 0 Å². The molecule has 0 atom stereocenters. The van der Waals surface area contributed by atoms with Gasteiger partial charge >= 0.3 is 0 Å². The number of nitrogens with one attached hydrogen (secondary N) is 1. The van der Waals surface area contributed by atoms with E-state index in [1.54, 1.807) is 12.1 Å². The van der Waals surface area contributed by atoms with E-state index in [2.05, 4.69) is 10.5 Å². The van der Waals surface area contributed by atoms with Crippen molar-refractivity contribution in [1.82, 2.24) is 5.43 Å². The van der Waals surface area contributed by atoms with E-state index >= 15 is 0 Å². The monoisotopic (exact) mass is 416 g/mol. The second-order valence-corrected chi connectivity index (χ2v) is 6.30. The molecule has 0 spiro atoms. The van der Waals surface area contributed by atoms with E-state index in [0.29, 0.717) is 15.7 Å². The standard InChI is InChI=1S/C14H13IN2O3S/c1-20-12-6-9(5-11(15)14(12)19)8-16-17-13(18)7-10-3-2-4-21-10/h2-6,8,19H,7H2,1H3,(H,17,18)/b16-8-. The van der Waals surface area contributed by atoms with Gasteiger partial charge in [0.1, 0.15) is 0 Å². The van der Waals surface area contributed by atoms with Gasteiger partial charge in [-0.1, -0.05) is 6.07 Å². The number of carbonyl (C=O) groups is 1. The van der Waals surface area contributed by atoms with Gasteiger partial charge in [0.25, 0.3) is 0 Å². The molecule has 1 aromatic heterocycles. The minimum Gasteiger partial charge on any atom is -0.504 e. The molecule has 2 N–H and O–H groups in total. The molecule has 2 aromatic rings. The lowest BCUT2D eigenvalue weighted by molar-refractivity contribution is -0.120. The van der Waals surface area contributed by atoms with Crippen LogP contribution in [0.4, 0.5) is 0 Å². The maximum Gasteiger partial charge on any atom is 0.245 e. The molecule has 0 saturated heterocycles. The van der Waals surface area contributed by atoms with Crippen molar-refractivity contribution in [3.8, 4) is 11.5 Å². The molecule has 0 bridgehead atoms. The van der Waals surface area contributed by atoms with Gasteiger partial charge in [-0.15, -0.1) is 11.3 Å². The Bertz CT molecular complexity index is 656. The summed E-state index contributed by atoms with van der Waals surface area (Å²) in [4.78, 5) is 12.6. The zero-order valence-electron chi connectivity index (χ0n) is 11.2. The Labute approximate surface area is 139 Å². The lowest BCUT2D eigenvalue weighted by Gasteiger charge is -2.06. The Morgan fingerprint density at radius 3 is 3.05 bits per heavy atom. The number of rotatable bonds is 5. The number of benzene rings is 1. The van der Waals surface area contributed by atoms with Gasteiger partial charge in [0, 0.05) is 4.88 Å². The largest absolute Gasteiger partial charge is 0.504 e. The van der Waals surface area contributed by atoms with Crippen LogP contribution in [0.3, 0.4) is 0 Å². The molecule has 0 saturated carbocycles. The van der Waals surface area contributed by atoms with Crippen molar-refractivity contribution in [2.75, 3.05) is 7.11 Å². The first-order valence-electron chi connectivity index (χ1n) is 6.01. The predicted molar refractivity (Wildman–Crippen MR) is 91.1 cm³/mol. The van der Waals surface area contributed by atoms with Crippen LogP contribution < -0.4 is 10.2 Å². The zero-order valence-corrected chi connectivity index (χ0v) is 14.1. The number of hydrazone groups is 1. The average molecular weight is 416 g/mol. The number of phenolic OH excluding ortho intramolecular Hbond substituents is 1. The minimum atomic E-state index is -0.172. The molecule has 7 heteroatoms. The highest BCUT2D eigenvalue weighted by Crippen LogP contribution is 2.31. The van der Waals surface area contributed by atoms with E-state index in [1.807, 2.05) is 40.1 Å². The van der Waals surface area contributed by atoms with E-state index < -0.39 is 0 Å². The van der Waals surface area contributed by atoms with Crippen LogP contribution in [0.1, 0.15) is 10.4 Å². The van der Waals surface area contributed by atoms with E-state index in [-0.39, 0.29) is 11.7 Å². The fourth-order valence-corrected chi connectivity index (χ4v) is 2.94. The highest BCUT2D eigenvalue weighted by atomic mass is 127. The highest BCUT2D eigenvalue weighted by molar-refractivity contribution is 14.1. The van der Waals surface area contributed by atoms with Gasteiger partial charge in [0.05, 0.1) is 23.3 Å². The summed E-state index contributed by atoms with van der Waals surface area (Å²) in [6.45, 7) is 0. The van der Waals surface area contributed by atoms with Crippen molar-refractivity contribution < 1.29 is 14.6 Å². The first kappa shape index (κ1) is 15.8. The second kappa shape index (κ2) is 7.41. The third-order valence-corrected chi connectivity index (χ3v) is 4.29. The molecule has 0 aliphatic carbocycles. The number of ether oxygens (including phenoxy) is 1. The Kier molecular flexibility index (Phi) is 5.57. The number of nitrogens with zero attached hydrogens (tertiary/aromatic N) is 1. The number of methoxy groups -OCH3 is 1. The lowest BCUT2D eigenvalue weighted by Crippen LogP contribution is -2.19. The topological polar surface area (TPSA) is 70.9 Å². The first-order valence-corrected chi connectivity index (χ1v) is 7.96. The summed E-state index contributed by atoms with van der Waals surface area (Å²) in [5.41, 5.74) is 3.20. The fraction of sp³-hybridized carbons (Fsp3) is 0.143. The molecule has 0 radical (unpaired) electrons. The van der Waals surface area contributed by atoms with Gasteiger partial charge in [-0.05, 0) is 51.7 Å². The molecule has 0 fully saturated rings. The first-order chi connectivity index (χ1) is 10.1. The molecule has 1 amide bonds. The Morgan fingerprint density at radius 1 is 1.57 bits per heavy atom. The third kappa shape index (κ3) is 4.43. The number of hydrogen-bond donors (Lipinski definition) is 2. The summed E-state index contributed by atoms with van der Waals surface area (Å²) in [7, 11) is 1.48. The number of thiophene rings is 1. The maximum absolute atomic E-state index is 11.7. The lowest BCUT2D eigenvalue weighted by atomic mass is 10.2. The summed E-state index contributed by atoms with van der Waals surface area (Å²) in [5.74, 6) is 0.291. The normalized spacial score (nSPS) is 10.8. The summed E-state index contributed by atoms with van der Waals surface area (Å²) in [6, 6.07) is 7.20. The number of halogens is 1. The van der Waals surface area contributed by atoms with Gasteiger partial charge in [0.15, 0.2) is 11.5 Å². The van der Waals surface area contributed by atoms with E-state index in [4.69, 9.17) is 4.74 Å². The van der Waals surface area contributed by atoms with E-state index in [1.165, 1.54) is 24.7 Å². The summed E-state index contributed by atoms with van der Waals surface area (Å²) in [6.07, 6.45) is 1.82. The van der Waals surface area contributed by atoms with Crippen LogP contribution in [0.5, 0.6) is 11.5 Å². The zero-order chi connectivity index (χ0) is 15.2. The molecule has 1 heterocycles. The van der Waals surface area contributed by atoms with Gasteiger partial charge in [-0.3, -0.25) is 4.79 Å². The van der Waals surface area contributed by atoms with Crippen LogP contribution in [0.2, 0.25) is 0 Å². The molecular formula is C14H13IN2O3S. The van der Waals surface area contributed by atoms with Gasteiger partial charge in [-0.25, -0.2) is 5.43 Å². The van der Waals surface area contributed by atoms with E-state index in [9.17, 15) is 9.90 Å². The third-order valence-electron chi connectivity index (χ3n) is 2.59. The van der Waals surface area contributed by atoms with Gasteiger partial charge in [0.2, 0.25) is 5.91 Å². The fourth-order valence-electron chi connectivity index (χ4n) is 1.61. The molecule has 0 unspecified atom stereocenters. The van der Waals surface area contributed by atoms with Crippen LogP contribution in [-0.4, -0.2) is 24.3 Å². The quantitative estimate of drug-likeness (QED) is 0.448. The van der Waals surface area contributed by atoms with Crippen molar-refractivity contribution >= 4 is 46.0 Å².